The van der Waals surface area contributed by atoms with Gasteiger partial charge in [-0.3, -0.25) is 9.59 Å². The van der Waals surface area contributed by atoms with E-state index in [1.807, 2.05) is 26.0 Å². The topological polar surface area (TPSA) is 86.9 Å². The van der Waals surface area contributed by atoms with Crippen molar-refractivity contribution in [1.82, 2.24) is 10.2 Å². The standard InChI is InChI=1S/C14H16N4O2/c1-3-15-10-4-5-11(9(2)8-10)14(20)16-12-6-7-13(19)18-17-12/h4-8,15H,3H2,1-2H3,(H,18,19)(H,16,17,20). The van der Waals surface area contributed by atoms with Gasteiger partial charge in [-0.05, 0) is 43.7 Å². The molecule has 1 heterocycles. The molecule has 1 amide bonds. The molecule has 0 aliphatic heterocycles. The average Bonchev–Trinajstić information content (AvgIpc) is 2.42. The number of carbonyl (C=O) groups is 1. The second kappa shape index (κ2) is 6.01. The van der Waals surface area contributed by atoms with E-state index in [2.05, 4.69) is 20.8 Å². The lowest BCUT2D eigenvalue weighted by molar-refractivity contribution is 0.102. The Morgan fingerprint density at radius 2 is 2.10 bits per heavy atom. The number of benzene rings is 1. The van der Waals surface area contributed by atoms with E-state index in [4.69, 9.17) is 0 Å². The predicted octanol–water partition coefficient (Wildman–Crippen LogP) is 1.76. The fraction of sp³-hybridized carbons (Fsp3) is 0.214. The Hall–Kier alpha value is -2.63. The number of hydrogen-bond donors (Lipinski definition) is 3. The molecule has 3 N–H and O–H groups in total. The van der Waals surface area contributed by atoms with E-state index in [0.29, 0.717) is 11.4 Å². The van der Waals surface area contributed by atoms with Crippen molar-refractivity contribution in [3.05, 3.63) is 51.8 Å². The van der Waals surface area contributed by atoms with E-state index < -0.39 is 0 Å². The van der Waals surface area contributed by atoms with Crippen LogP contribution in [0.4, 0.5) is 11.5 Å². The van der Waals surface area contributed by atoms with Crippen LogP contribution >= 0.6 is 0 Å². The Morgan fingerprint density at radius 3 is 2.70 bits per heavy atom. The highest BCUT2D eigenvalue weighted by atomic mass is 16.2. The van der Waals surface area contributed by atoms with Gasteiger partial charge in [0, 0.05) is 23.9 Å². The Balaban J connectivity index is 2.16. The number of anilines is 2. The van der Waals surface area contributed by atoms with Crippen LogP contribution in [0.5, 0.6) is 0 Å². The molecule has 0 atom stereocenters. The predicted molar refractivity (Wildman–Crippen MR) is 78.2 cm³/mol. The minimum atomic E-state index is -0.311. The van der Waals surface area contributed by atoms with E-state index in [1.54, 1.807) is 6.07 Å². The summed E-state index contributed by atoms with van der Waals surface area (Å²) in [6, 6.07) is 8.29. The smallest absolute Gasteiger partial charge is 0.264 e. The maximum absolute atomic E-state index is 12.1. The second-order valence-corrected chi connectivity index (χ2v) is 4.32. The Labute approximate surface area is 116 Å². The molecule has 0 aliphatic carbocycles. The first-order valence-corrected chi connectivity index (χ1v) is 6.31. The van der Waals surface area contributed by atoms with Gasteiger partial charge in [-0.25, -0.2) is 5.10 Å². The van der Waals surface area contributed by atoms with Gasteiger partial charge < -0.3 is 10.6 Å². The van der Waals surface area contributed by atoms with Gasteiger partial charge in [0.25, 0.3) is 11.5 Å². The molecule has 0 unspecified atom stereocenters. The fourth-order valence-corrected chi connectivity index (χ4v) is 1.83. The van der Waals surface area contributed by atoms with Crippen LogP contribution in [0, 0.1) is 6.92 Å². The molecule has 0 spiro atoms. The number of hydrogen-bond acceptors (Lipinski definition) is 4. The minimum absolute atomic E-state index is 0.259. The number of carbonyl (C=O) groups excluding carboxylic acids is 1. The van der Waals surface area contributed by atoms with Crippen molar-refractivity contribution in [2.75, 3.05) is 17.2 Å². The molecular formula is C14H16N4O2. The molecule has 6 heteroatoms. The third-order valence-corrected chi connectivity index (χ3v) is 2.77. The van der Waals surface area contributed by atoms with Crippen LogP contribution in [-0.4, -0.2) is 22.6 Å². The van der Waals surface area contributed by atoms with Gasteiger partial charge >= 0.3 is 0 Å². The fourth-order valence-electron chi connectivity index (χ4n) is 1.83. The van der Waals surface area contributed by atoms with Crippen molar-refractivity contribution >= 4 is 17.4 Å². The summed E-state index contributed by atoms with van der Waals surface area (Å²) in [5.74, 6) is 0.0508. The zero-order valence-electron chi connectivity index (χ0n) is 11.4. The zero-order chi connectivity index (χ0) is 14.5. The number of amides is 1. The van der Waals surface area contributed by atoms with Crippen LogP contribution in [0.25, 0.3) is 0 Å². The summed E-state index contributed by atoms with van der Waals surface area (Å²) in [5, 5.41) is 11.8. The number of aromatic amines is 1. The Bertz CT molecular complexity index is 659. The first kappa shape index (κ1) is 13.8. The van der Waals surface area contributed by atoms with Gasteiger partial charge in [-0.1, -0.05) is 0 Å². The molecule has 6 nitrogen and oxygen atoms in total. The maximum Gasteiger partial charge on any atom is 0.264 e. The Kier molecular flexibility index (Phi) is 4.14. The molecule has 0 saturated heterocycles. The van der Waals surface area contributed by atoms with Crippen LogP contribution in [0.3, 0.4) is 0 Å². The number of nitrogens with zero attached hydrogens (tertiary/aromatic N) is 1. The van der Waals surface area contributed by atoms with Crippen LogP contribution in [0.1, 0.15) is 22.8 Å². The highest BCUT2D eigenvalue weighted by Gasteiger charge is 2.10. The number of aryl methyl sites for hydroxylation is 1. The molecule has 20 heavy (non-hydrogen) atoms. The summed E-state index contributed by atoms with van der Waals surface area (Å²) in [4.78, 5) is 23.0. The van der Waals surface area contributed by atoms with Gasteiger partial charge in [0.2, 0.25) is 0 Å². The third kappa shape index (κ3) is 3.23. The normalized spacial score (nSPS) is 10.1. The molecule has 2 rings (SSSR count). The molecule has 1 aromatic carbocycles. The lowest BCUT2D eigenvalue weighted by Gasteiger charge is -2.09. The average molecular weight is 272 g/mol. The van der Waals surface area contributed by atoms with Crippen molar-refractivity contribution in [3.63, 3.8) is 0 Å². The summed E-state index contributed by atoms with van der Waals surface area (Å²) >= 11 is 0. The maximum atomic E-state index is 12.1. The van der Waals surface area contributed by atoms with E-state index in [1.165, 1.54) is 12.1 Å². The van der Waals surface area contributed by atoms with Gasteiger partial charge in [-0.2, -0.15) is 5.10 Å². The summed E-state index contributed by atoms with van der Waals surface area (Å²) in [6.45, 7) is 4.71. The van der Waals surface area contributed by atoms with E-state index in [0.717, 1.165) is 17.8 Å². The molecule has 0 bridgehead atoms. The molecule has 1 aromatic heterocycles. The highest BCUT2D eigenvalue weighted by molar-refractivity contribution is 6.04. The van der Waals surface area contributed by atoms with E-state index in [-0.39, 0.29) is 11.5 Å². The highest BCUT2D eigenvalue weighted by Crippen LogP contribution is 2.16. The quantitative estimate of drug-likeness (QED) is 0.791. The van der Waals surface area contributed by atoms with Crippen molar-refractivity contribution in [2.24, 2.45) is 0 Å². The lowest BCUT2D eigenvalue weighted by Crippen LogP contribution is -2.16. The van der Waals surface area contributed by atoms with Gasteiger partial charge in [-0.15, -0.1) is 0 Å². The molecule has 0 aliphatic rings. The third-order valence-electron chi connectivity index (χ3n) is 2.77. The first-order valence-electron chi connectivity index (χ1n) is 6.31. The largest absolute Gasteiger partial charge is 0.385 e. The van der Waals surface area contributed by atoms with E-state index in [9.17, 15) is 9.59 Å². The number of nitrogens with one attached hydrogen (secondary N) is 3. The SMILES string of the molecule is CCNc1ccc(C(=O)Nc2ccc(=O)[nH]n2)c(C)c1. The minimum Gasteiger partial charge on any atom is -0.385 e. The molecule has 104 valence electrons. The summed E-state index contributed by atoms with van der Waals surface area (Å²) < 4.78 is 0. The van der Waals surface area contributed by atoms with Crippen molar-refractivity contribution in [3.8, 4) is 0 Å². The van der Waals surface area contributed by atoms with Gasteiger partial charge in [0.1, 0.15) is 0 Å². The van der Waals surface area contributed by atoms with Gasteiger partial charge in [0.05, 0.1) is 0 Å². The molecule has 0 fully saturated rings. The molecule has 2 aromatic rings. The van der Waals surface area contributed by atoms with Gasteiger partial charge in [0.15, 0.2) is 5.82 Å². The van der Waals surface area contributed by atoms with Crippen molar-refractivity contribution < 1.29 is 4.79 Å². The molecule has 0 saturated carbocycles. The Morgan fingerprint density at radius 1 is 1.30 bits per heavy atom. The second-order valence-electron chi connectivity index (χ2n) is 4.32. The summed E-state index contributed by atoms with van der Waals surface area (Å²) in [5.41, 5.74) is 2.10. The molecular weight excluding hydrogens is 256 g/mol. The monoisotopic (exact) mass is 272 g/mol. The summed E-state index contributed by atoms with van der Waals surface area (Å²) in [7, 11) is 0. The first-order chi connectivity index (χ1) is 9.60. The lowest BCUT2D eigenvalue weighted by atomic mass is 10.1. The van der Waals surface area contributed by atoms with Crippen LogP contribution in [0.2, 0.25) is 0 Å². The number of rotatable bonds is 4. The van der Waals surface area contributed by atoms with Crippen LogP contribution < -0.4 is 16.2 Å². The van der Waals surface area contributed by atoms with Crippen molar-refractivity contribution in [1.29, 1.82) is 0 Å². The summed E-state index contributed by atoms with van der Waals surface area (Å²) in [6.07, 6.45) is 0. The van der Waals surface area contributed by atoms with Crippen LogP contribution in [0.15, 0.2) is 35.1 Å². The van der Waals surface area contributed by atoms with Crippen molar-refractivity contribution in [2.45, 2.75) is 13.8 Å². The van der Waals surface area contributed by atoms with E-state index >= 15 is 0 Å². The molecule has 0 radical (unpaired) electrons. The van der Waals surface area contributed by atoms with Crippen LogP contribution in [-0.2, 0) is 0 Å². The number of aromatic nitrogens is 2. The zero-order valence-corrected chi connectivity index (χ0v) is 11.4. The number of H-pyrrole nitrogens is 1.